The number of benzene rings is 1. The Balaban J connectivity index is 1.84. The Morgan fingerprint density at radius 1 is 1.27 bits per heavy atom. The van der Waals surface area contributed by atoms with E-state index in [0.717, 1.165) is 18.5 Å². The molecule has 3 nitrogen and oxygen atoms in total. The summed E-state index contributed by atoms with van der Waals surface area (Å²) in [6, 6.07) is 10.1. The highest BCUT2D eigenvalue weighted by atomic mass is 16.1. The molecule has 0 saturated heterocycles. The lowest BCUT2D eigenvalue weighted by Crippen LogP contribution is -2.44. The number of hydrogen-bond donors (Lipinski definition) is 2. The van der Waals surface area contributed by atoms with Crippen LogP contribution in [0.2, 0.25) is 0 Å². The van der Waals surface area contributed by atoms with E-state index < -0.39 is 0 Å². The molecule has 1 fully saturated rings. The Bertz CT molecular complexity index is 331. The van der Waals surface area contributed by atoms with E-state index >= 15 is 0 Å². The molecule has 1 aliphatic carbocycles. The molecule has 0 aromatic heterocycles. The number of hydrogen-bond acceptors (Lipinski definition) is 2. The summed E-state index contributed by atoms with van der Waals surface area (Å²) in [6.07, 6.45) is 1.91. The first-order valence-electron chi connectivity index (χ1n) is 5.33. The quantitative estimate of drug-likeness (QED) is 0.785. The molecule has 0 heterocycles. The van der Waals surface area contributed by atoms with Crippen molar-refractivity contribution in [3.8, 4) is 0 Å². The van der Waals surface area contributed by atoms with Crippen molar-refractivity contribution in [1.82, 2.24) is 5.32 Å². The maximum atomic E-state index is 11.7. The first-order valence-corrected chi connectivity index (χ1v) is 5.33. The normalized spacial score (nSPS) is 24.3. The Morgan fingerprint density at radius 3 is 2.53 bits per heavy atom. The minimum atomic E-state index is 0.146. The van der Waals surface area contributed by atoms with Crippen molar-refractivity contribution in [3.05, 3.63) is 30.3 Å². The third kappa shape index (κ3) is 2.36. The van der Waals surface area contributed by atoms with E-state index in [-0.39, 0.29) is 11.8 Å². The Hall–Kier alpha value is -1.35. The number of amides is 1. The molecule has 1 aromatic rings. The van der Waals surface area contributed by atoms with Gasteiger partial charge in [0.25, 0.3) is 0 Å². The second kappa shape index (κ2) is 4.45. The molecule has 0 atom stereocenters. The average molecular weight is 204 g/mol. The van der Waals surface area contributed by atoms with E-state index in [2.05, 4.69) is 10.6 Å². The maximum absolute atomic E-state index is 11.7. The lowest BCUT2D eigenvalue weighted by molar-refractivity contribution is -0.122. The molecule has 2 rings (SSSR count). The zero-order valence-electron chi connectivity index (χ0n) is 8.86. The molecule has 0 unspecified atom stereocenters. The average Bonchev–Trinajstić information content (AvgIpc) is 2.17. The molecule has 1 amide bonds. The van der Waals surface area contributed by atoms with Crippen molar-refractivity contribution in [3.63, 3.8) is 0 Å². The van der Waals surface area contributed by atoms with Gasteiger partial charge in [0, 0.05) is 17.6 Å². The molecule has 1 aliphatic rings. The SMILES string of the molecule is CNC1CC(C(=O)Nc2ccccc2)C1. The number of rotatable bonds is 3. The molecule has 0 aliphatic heterocycles. The van der Waals surface area contributed by atoms with Crippen molar-refractivity contribution in [1.29, 1.82) is 0 Å². The summed E-state index contributed by atoms with van der Waals surface area (Å²) in [5.41, 5.74) is 0.885. The van der Waals surface area contributed by atoms with Gasteiger partial charge < -0.3 is 10.6 Å². The molecule has 0 radical (unpaired) electrons. The lowest BCUT2D eigenvalue weighted by atomic mass is 9.80. The van der Waals surface area contributed by atoms with E-state index in [1.54, 1.807) is 0 Å². The molecule has 1 aromatic carbocycles. The van der Waals surface area contributed by atoms with Gasteiger partial charge in [0.1, 0.15) is 0 Å². The summed E-state index contributed by atoms with van der Waals surface area (Å²) in [4.78, 5) is 11.7. The highest BCUT2D eigenvalue weighted by Crippen LogP contribution is 2.28. The van der Waals surface area contributed by atoms with Crippen molar-refractivity contribution >= 4 is 11.6 Å². The van der Waals surface area contributed by atoms with Gasteiger partial charge in [0.15, 0.2) is 0 Å². The van der Waals surface area contributed by atoms with E-state index in [1.807, 2.05) is 37.4 Å². The number of carbonyl (C=O) groups excluding carboxylic acids is 1. The second-order valence-corrected chi connectivity index (χ2v) is 4.01. The van der Waals surface area contributed by atoms with Crippen molar-refractivity contribution < 1.29 is 4.79 Å². The summed E-state index contributed by atoms with van der Waals surface area (Å²) in [5.74, 6) is 0.329. The highest BCUT2D eigenvalue weighted by molar-refractivity contribution is 5.93. The van der Waals surface area contributed by atoms with Crippen LogP contribution in [-0.2, 0) is 4.79 Å². The molecule has 1 saturated carbocycles. The smallest absolute Gasteiger partial charge is 0.227 e. The fourth-order valence-corrected chi connectivity index (χ4v) is 1.83. The Labute approximate surface area is 89.9 Å². The monoisotopic (exact) mass is 204 g/mol. The maximum Gasteiger partial charge on any atom is 0.227 e. The van der Waals surface area contributed by atoms with Crippen LogP contribution in [0, 0.1) is 5.92 Å². The van der Waals surface area contributed by atoms with Crippen LogP contribution >= 0.6 is 0 Å². The van der Waals surface area contributed by atoms with Gasteiger partial charge in [-0.1, -0.05) is 18.2 Å². The molecular formula is C12H16N2O. The molecule has 15 heavy (non-hydrogen) atoms. The predicted octanol–water partition coefficient (Wildman–Crippen LogP) is 1.62. The standard InChI is InChI=1S/C12H16N2O/c1-13-11-7-9(8-11)12(15)14-10-5-3-2-4-6-10/h2-6,9,11,13H,7-8H2,1H3,(H,14,15). The van der Waals surface area contributed by atoms with Crippen LogP contribution in [0.3, 0.4) is 0 Å². The molecule has 2 N–H and O–H groups in total. The number of nitrogens with one attached hydrogen (secondary N) is 2. The van der Waals surface area contributed by atoms with Crippen LogP contribution in [0.5, 0.6) is 0 Å². The third-order valence-electron chi connectivity index (χ3n) is 2.96. The zero-order valence-corrected chi connectivity index (χ0v) is 8.86. The van der Waals surface area contributed by atoms with Gasteiger partial charge in [-0.05, 0) is 32.0 Å². The largest absolute Gasteiger partial charge is 0.326 e. The molecular weight excluding hydrogens is 188 g/mol. The molecule has 80 valence electrons. The first kappa shape index (κ1) is 10.2. The van der Waals surface area contributed by atoms with Gasteiger partial charge in [-0.3, -0.25) is 4.79 Å². The van der Waals surface area contributed by atoms with Gasteiger partial charge in [-0.25, -0.2) is 0 Å². The number of para-hydroxylation sites is 1. The summed E-state index contributed by atoms with van der Waals surface area (Å²) < 4.78 is 0. The van der Waals surface area contributed by atoms with Gasteiger partial charge in [-0.2, -0.15) is 0 Å². The lowest BCUT2D eigenvalue weighted by Gasteiger charge is -2.33. The predicted molar refractivity (Wildman–Crippen MR) is 60.6 cm³/mol. The topological polar surface area (TPSA) is 41.1 Å². The van der Waals surface area contributed by atoms with Crippen molar-refractivity contribution in [2.75, 3.05) is 12.4 Å². The van der Waals surface area contributed by atoms with Crippen LogP contribution in [0.1, 0.15) is 12.8 Å². The second-order valence-electron chi connectivity index (χ2n) is 4.01. The molecule has 0 spiro atoms. The van der Waals surface area contributed by atoms with E-state index in [0.29, 0.717) is 6.04 Å². The minimum Gasteiger partial charge on any atom is -0.326 e. The van der Waals surface area contributed by atoms with E-state index in [1.165, 1.54) is 0 Å². The molecule has 0 bridgehead atoms. The van der Waals surface area contributed by atoms with Gasteiger partial charge >= 0.3 is 0 Å². The number of anilines is 1. The fourth-order valence-electron chi connectivity index (χ4n) is 1.83. The van der Waals surface area contributed by atoms with Gasteiger partial charge in [-0.15, -0.1) is 0 Å². The Morgan fingerprint density at radius 2 is 1.93 bits per heavy atom. The van der Waals surface area contributed by atoms with Crippen LogP contribution < -0.4 is 10.6 Å². The van der Waals surface area contributed by atoms with Crippen LogP contribution in [-0.4, -0.2) is 19.0 Å². The summed E-state index contributed by atoms with van der Waals surface area (Å²) in [7, 11) is 1.94. The first-order chi connectivity index (χ1) is 7.29. The van der Waals surface area contributed by atoms with Crippen LogP contribution in [0.4, 0.5) is 5.69 Å². The van der Waals surface area contributed by atoms with Gasteiger partial charge in [0.2, 0.25) is 5.91 Å². The summed E-state index contributed by atoms with van der Waals surface area (Å²) in [6.45, 7) is 0. The Kier molecular flexibility index (Phi) is 3.02. The molecule has 3 heteroatoms. The number of carbonyl (C=O) groups is 1. The van der Waals surface area contributed by atoms with E-state index in [9.17, 15) is 4.79 Å². The minimum absolute atomic E-state index is 0.146. The van der Waals surface area contributed by atoms with Crippen molar-refractivity contribution in [2.45, 2.75) is 18.9 Å². The van der Waals surface area contributed by atoms with Crippen LogP contribution in [0.25, 0.3) is 0 Å². The fraction of sp³-hybridized carbons (Fsp3) is 0.417. The summed E-state index contributed by atoms with van der Waals surface area (Å²) in [5, 5.41) is 6.09. The van der Waals surface area contributed by atoms with Gasteiger partial charge in [0.05, 0.1) is 0 Å². The zero-order chi connectivity index (χ0) is 10.7. The van der Waals surface area contributed by atoms with Crippen molar-refractivity contribution in [2.24, 2.45) is 5.92 Å². The summed E-state index contributed by atoms with van der Waals surface area (Å²) >= 11 is 0. The van der Waals surface area contributed by atoms with E-state index in [4.69, 9.17) is 0 Å². The highest BCUT2D eigenvalue weighted by Gasteiger charge is 2.33. The van der Waals surface area contributed by atoms with Crippen LogP contribution in [0.15, 0.2) is 30.3 Å². The third-order valence-corrected chi connectivity index (χ3v) is 2.96.